The number of hydrogen-bond donors (Lipinski definition) is 0. The van der Waals surface area contributed by atoms with Crippen LogP contribution in [0.2, 0.25) is 0 Å². The summed E-state index contributed by atoms with van der Waals surface area (Å²) < 4.78 is 30.8. The summed E-state index contributed by atoms with van der Waals surface area (Å²) in [6, 6.07) is 4.48. The van der Waals surface area contributed by atoms with E-state index >= 15 is 0 Å². The second-order valence-corrected chi connectivity index (χ2v) is 7.50. The van der Waals surface area contributed by atoms with Gasteiger partial charge in [0.05, 0.1) is 12.8 Å². The fraction of sp³-hybridized carbons (Fsp3) is 0.692. The van der Waals surface area contributed by atoms with Crippen molar-refractivity contribution in [2.75, 3.05) is 19.3 Å². The summed E-state index contributed by atoms with van der Waals surface area (Å²) in [4.78, 5) is 2.36. The van der Waals surface area contributed by atoms with E-state index in [9.17, 15) is 8.42 Å². The van der Waals surface area contributed by atoms with Gasteiger partial charge in [0.25, 0.3) is 0 Å². The van der Waals surface area contributed by atoms with Crippen LogP contribution in [0.4, 0.5) is 0 Å². The van der Waals surface area contributed by atoms with Gasteiger partial charge < -0.3 is 4.42 Å². The molecule has 1 aromatic heterocycles. The lowest BCUT2D eigenvalue weighted by Crippen LogP contribution is -2.38. The van der Waals surface area contributed by atoms with Gasteiger partial charge in [0, 0.05) is 25.2 Å². The fourth-order valence-corrected chi connectivity index (χ4v) is 4.59. The lowest BCUT2D eigenvalue weighted by Gasteiger charge is -2.23. The zero-order valence-corrected chi connectivity index (χ0v) is 12.2. The van der Waals surface area contributed by atoms with Crippen LogP contribution in [0.25, 0.3) is 0 Å². The lowest BCUT2D eigenvalue weighted by atomic mass is 10.1. The third-order valence-corrected chi connectivity index (χ3v) is 5.53. The van der Waals surface area contributed by atoms with Crippen LogP contribution in [0.1, 0.15) is 24.4 Å². The molecule has 0 bridgehead atoms. The summed E-state index contributed by atoms with van der Waals surface area (Å²) in [6.07, 6.45) is 3.17. The van der Waals surface area contributed by atoms with Crippen molar-refractivity contribution in [1.29, 1.82) is 0 Å². The molecule has 2 aliphatic heterocycles. The maximum Gasteiger partial charge on any atom is 0.211 e. The van der Waals surface area contributed by atoms with Crippen LogP contribution in [0.3, 0.4) is 0 Å². The highest BCUT2D eigenvalue weighted by Crippen LogP contribution is 2.34. The third kappa shape index (κ3) is 2.44. The lowest BCUT2D eigenvalue weighted by molar-refractivity contribution is 0.220. The molecule has 0 radical (unpaired) electrons. The highest BCUT2D eigenvalue weighted by atomic mass is 32.2. The van der Waals surface area contributed by atoms with Gasteiger partial charge in [-0.1, -0.05) is 0 Å². The summed E-state index contributed by atoms with van der Waals surface area (Å²) in [5, 5.41) is 0. The molecular weight excluding hydrogens is 264 g/mol. The minimum Gasteiger partial charge on any atom is -0.465 e. The molecule has 0 spiro atoms. The first-order valence-electron chi connectivity index (χ1n) is 6.71. The minimum atomic E-state index is -3.07. The van der Waals surface area contributed by atoms with Crippen molar-refractivity contribution < 1.29 is 12.8 Å². The van der Waals surface area contributed by atoms with Gasteiger partial charge in [-0.05, 0) is 31.9 Å². The van der Waals surface area contributed by atoms with E-state index in [0.717, 1.165) is 37.5 Å². The first-order chi connectivity index (χ1) is 8.95. The van der Waals surface area contributed by atoms with E-state index in [-0.39, 0.29) is 6.04 Å². The quantitative estimate of drug-likeness (QED) is 0.837. The number of hydrogen-bond acceptors (Lipinski definition) is 4. The van der Waals surface area contributed by atoms with E-state index in [1.54, 1.807) is 4.31 Å². The second-order valence-electron chi connectivity index (χ2n) is 5.57. The summed E-state index contributed by atoms with van der Waals surface area (Å²) in [6.45, 7) is 4.33. The number of fused-ring (bicyclic) bond motifs is 1. The van der Waals surface area contributed by atoms with E-state index < -0.39 is 10.0 Å². The van der Waals surface area contributed by atoms with Gasteiger partial charge in [0.2, 0.25) is 10.0 Å². The normalized spacial score (nSPS) is 28.9. The average Bonchev–Trinajstić information content (AvgIpc) is 2.95. The van der Waals surface area contributed by atoms with Crippen molar-refractivity contribution >= 4 is 10.0 Å². The zero-order valence-electron chi connectivity index (χ0n) is 11.4. The predicted molar refractivity (Wildman–Crippen MR) is 72.2 cm³/mol. The van der Waals surface area contributed by atoms with E-state index in [1.165, 1.54) is 6.26 Å². The van der Waals surface area contributed by atoms with E-state index in [0.29, 0.717) is 12.6 Å². The molecule has 2 atom stereocenters. The summed E-state index contributed by atoms with van der Waals surface area (Å²) in [7, 11) is -3.07. The Morgan fingerprint density at radius 2 is 2.00 bits per heavy atom. The largest absolute Gasteiger partial charge is 0.465 e. The van der Waals surface area contributed by atoms with Crippen LogP contribution in [0, 0.1) is 6.92 Å². The maximum atomic E-state index is 11.7. The summed E-state index contributed by atoms with van der Waals surface area (Å²) in [5.41, 5.74) is 0. The molecule has 19 heavy (non-hydrogen) atoms. The average molecular weight is 284 g/mol. The number of furan rings is 1. The molecule has 2 fully saturated rings. The van der Waals surface area contributed by atoms with Crippen LogP contribution in [-0.2, 0) is 16.6 Å². The topological polar surface area (TPSA) is 53.8 Å². The van der Waals surface area contributed by atoms with Gasteiger partial charge in [0.1, 0.15) is 11.5 Å². The first-order valence-corrected chi connectivity index (χ1v) is 8.56. The third-order valence-electron chi connectivity index (χ3n) is 4.22. The van der Waals surface area contributed by atoms with Crippen molar-refractivity contribution in [1.82, 2.24) is 9.21 Å². The SMILES string of the molecule is Cc1ccc(CN2CC[C@H]3[C@H]2CCN3S(C)(=O)=O)o1. The van der Waals surface area contributed by atoms with E-state index in [1.807, 2.05) is 19.1 Å². The van der Waals surface area contributed by atoms with Gasteiger partial charge in [-0.2, -0.15) is 4.31 Å². The molecule has 0 amide bonds. The monoisotopic (exact) mass is 284 g/mol. The molecule has 1 aromatic rings. The van der Waals surface area contributed by atoms with Gasteiger partial charge in [-0.25, -0.2) is 8.42 Å². The van der Waals surface area contributed by atoms with Gasteiger partial charge in [-0.3, -0.25) is 4.90 Å². The summed E-state index contributed by atoms with van der Waals surface area (Å²) in [5.74, 6) is 1.89. The molecule has 3 heterocycles. The first kappa shape index (κ1) is 13.1. The second kappa shape index (κ2) is 4.61. The fourth-order valence-electron chi connectivity index (χ4n) is 3.41. The highest BCUT2D eigenvalue weighted by molar-refractivity contribution is 7.88. The molecule has 5 nitrogen and oxygen atoms in total. The molecule has 0 N–H and O–H groups in total. The van der Waals surface area contributed by atoms with Crippen LogP contribution >= 0.6 is 0 Å². The Labute approximate surface area is 114 Å². The molecule has 0 aliphatic carbocycles. The van der Waals surface area contributed by atoms with Crippen LogP contribution < -0.4 is 0 Å². The van der Waals surface area contributed by atoms with Gasteiger partial charge in [-0.15, -0.1) is 0 Å². The highest BCUT2D eigenvalue weighted by Gasteiger charge is 2.45. The molecule has 2 aliphatic rings. The Bertz CT molecular complexity index is 566. The van der Waals surface area contributed by atoms with E-state index in [4.69, 9.17) is 4.42 Å². The predicted octanol–water partition coefficient (Wildman–Crippen LogP) is 1.20. The standard InChI is InChI=1S/C13H20N2O3S/c1-10-3-4-11(18-10)9-14-7-5-13-12(14)6-8-15(13)19(2,16)17/h3-4,12-13H,5-9H2,1-2H3/t12-,13+/m1/s1. The Morgan fingerprint density at radius 1 is 1.26 bits per heavy atom. The van der Waals surface area contributed by atoms with Crippen molar-refractivity contribution in [3.05, 3.63) is 23.7 Å². The van der Waals surface area contributed by atoms with Crippen molar-refractivity contribution in [2.45, 2.75) is 38.4 Å². The van der Waals surface area contributed by atoms with Crippen LogP contribution in [0.5, 0.6) is 0 Å². The molecule has 6 heteroatoms. The zero-order chi connectivity index (χ0) is 13.6. The molecule has 0 unspecified atom stereocenters. The molecular formula is C13H20N2O3S. The molecule has 0 aromatic carbocycles. The van der Waals surface area contributed by atoms with Crippen LogP contribution in [-0.4, -0.2) is 49.1 Å². The van der Waals surface area contributed by atoms with Crippen molar-refractivity contribution in [2.24, 2.45) is 0 Å². The molecule has 0 saturated carbocycles. The molecule has 3 rings (SSSR count). The van der Waals surface area contributed by atoms with Gasteiger partial charge in [0.15, 0.2) is 0 Å². The molecule has 2 saturated heterocycles. The number of sulfonamides is 1. The number of rotatable bonds is 3. The van der Waals surface area contributed by atoms with Crippen molar-refractivity contribution in [3.8, 4) is 0 Å². The Hall–Kier alpha value is -0.850. The Morgan fingerprint density at radius 3 is 2.63 bits per heavy atom. The van der Waals surface area contributed by atoms with Gasteiger partial charge >= 0.3 is 0 Å². The number of nitrogens with zero attached hydrogens (tertiary/aromatic N) is 2. The summed E-state index contributed by atoms with van der Waals surface area (Å²) >= 11 is 0. The molecule has 106 valence electrons. The maximum absolute atomic E-state index is 11.7. The number of likely N-dealkylation sites (tertiary alicyclic amines) is 1. The number of aryl methyl sites for hydroxylation is 1. The Kier molecular flexibility index (Phi) is 3.19. The minimum absolute atomic E-state index is 0.158. The van der Waals surface area contributed by atoms with E-state index in [2.05, 4.69) is 4.90 Å². The van der Waals surface area contributed by atoms with Crippen LogP contribution in [0.15, 0.2) is 16.5 Å². The van der Waals surface area contributed by atoms with Crippen molar-refractivity contribution in [3.63, 3.8) is 0 Å². The smallest absolute Gasteiger partial charge is 0.211 e. The Balaban J connectivity index is 1.72.